The Morgan fingerprint density at radius 2 is 2.13 bits per heavy atom. The van der Waals surface area contributed by atoms with E-state index in [9.17, 15) is 4.79 Å². The molecule has 0 fully saturated rings. The monoisotopic (exact) mass is 224 g/mol. The Labute approximate surface area is 96.1 Å². The third-order valence-electron chi connectivity index (χ3n) is 2.13. The number of carbonyl (C=O) groups excluding carboxylic acids is 1. The van der Waals surface area contributed by atoms with Crippen LogP contribution in [-0.4, -0.2) is 12.1 Å². The Bertz CT molecular complexity index is 336. The standard InChI is InChI=1S/C12H16O2S/c1-3-6-9(2)14-12(13)10-7-4-5-8-11(10)15/h4-5,7-9,15H,3,6H2,1-2H3. The zero-order valence-corrected chi connectivity index (χ0v) is 9.96. The number of esters is 1. The molecule has 15 heavy (non-hydrogen) atoms. The highest BCUT2D eigenvalue weighted by Gasteiger charge is 2.13. The van der Waals surface area contributed by atoms with Gasteiger partial charge >= 0.3 is 5.97 Å². The van der Waals surface area contributed by atoms with Gasteiger partial charge in [0.15, 0.2) is 0 Å². The first kappa shape index (κ1) is 12.1. The van der Waals surface area contributed by atoms with Gasteiger partial charge in [-0.05, 0) is 25.5 Å². The normalized spacial score (nSPS) is 12.2. The van der Waals surface area contributed by atoms with Gasteiger partial charge in [-0.1, -0.05) is 25.5 Å². The van der Waals surface area contributed by atoms with Crippen LogP contribution in [0.2, 0.25) is 0 Å². The maximum absolute atomic E-state index is 11.7. The highest BCUT2D eigenvalue weighted by Crippen LogP contribution is 2.15. The van der Waals surface area contributed by atoms with E-state index in [0.29, 0.717) is 10.5 Å². The van der Waals surface area contributed by atoms with Gasteiger partial charge < -0.3 is 4.74 Å². The van der Waals surface area contributed by atoms with E-state index in [1.165, 1.54) is 0 Å². The molecule has 0 saturated heterocycles. The molecule has 0 aromatic heterocycles. The van der Waals surface area contributed by atoms with Gasteiger partial charge in [-0.25, -0.2) is 4.79 Å². The Morgan fingerprint density at radius 3 is 2.73 bits per heavy atom. The molecule has 0 aliphatic rings. The van der Waals surface area contributed by atoms with Crippen LogP contribution in [-0.2, 0) is 4.74 Å². The van der Waals surface area contributed by atoms with Crippen molar-refractivity contribution >= 4 is 18.6 Å². The van der Waals surface area contributed by atoms with Crippen LogP contribution in [0.15, 0.2) is 29.2 Å². The Balaban J connectivity index is 2.65. The van der Waals surface area contributed by atoms with E-state index in [1.54, 1.807) is 18.2 Å². The first-order valence-electron chi connectivity index (χ1n) is 5.14. The molecule has 0 amide bonds. The van der Waals surface area contributed by atoms with Gasteiger partial charge in [0, 0.05) is 4.90 Å². The van der Waals surface area contributed by atoms with Crippen molar-refractivity contribution in [2.45, 2.75) is 37.7 Å². The van der Waals surface area contributed by atoms with Crippen LogP contribution in [0.3, 0.4) is 0 Å². The summed E-state index contributed by atoms with van der Waals surface area (Å²) < 4.78 is 5.27. The highest BCUT2D eigenvalue weighted by atomic mass is 32.1. The van der Waals surface area contributed by atoms with E-state index >= 15 is 0 Å². The van der Waals surface area contributed by atoms with Crippen molar-refractivity contribution in [2.24, 2.45) is 0 Å². The van der Waals surface area contributed by atoms with Crippen molar-refractivity contribution in [2.75, 3.05) is 0 Å². The number of carbonyl (C=O) groups is 1. The van der Waals surface area contributed by atoms with Crippen molar-refractivity contribution < 1.29 is 9.53 Å². The fourth-order valence-electron chi connectivity index (χ4n) is 1.36. The highest BCUT2D eigenvalue weighted by molar-refractivity contribution is 7.80. The maximum atomic E-state index is 11.7. The maximum Gasteiger partial charge on any atom is 0.339 e. The van der Waals surface area contributed by atoms with Crippen LogP contribution in [0, 0.1) is 0 Å². The van der Waals surface area contributed by atoms with E-state index in [2.05, 4.69) is 19.6 Å². The third-order valence-corrected chi connectivity index (χ3v) is 2.52. The third kappa shape index (κ3) is 3.59. The topological polar surface area (TPSA) is 26.3 Å². The number of hydrogen-bond donors (Lipinski definition) is 1. The second-order valence-electron chi connectivity index (χ2n) is 3.52. The Morgan fingerprint density at radius 1 is 1.47 bits per heavy atom. The SMILES string of the molecule is CCCC(C)OC(=O)c1ccccc1S. The molecule has 3 heteroatoms. The molecule has 0 N–H and O–H groups in total. The molecule has 1 aromatic rings. The Kier molecular flexibility index (Phi) is 4.69. The molecular formula is C12H16O2S. The summed E-state index contributed by atoms with van der Waals surface area (Å²) in [6.07, 6.45) is 1.87. The molecular weight excluding hydrogens is 208 g/mol. The van der Waals surface area contributed by atoms with Crippen LogP contribution in [0.5, 0.6) is 0 Å². The van der Waals surface area contributed by atoms with E-state index < -0.39 is 0 Å². The molecule has 1 rings (SSSR count). The molecule has 0 aliphatic carbocycles. The van der Waals surface area contributed by atoms with Crippen LogP contribution in [0.25, 0.3) is 0 Å². The number of ether oxygens (including phenoxy) is 1. The zero-order chi connectivity index (χ0) is 11.3. The first-order chi connectivity index (χ1) is 7.15. The lowest BCUT2D eigenvalue weighted by atomic mass is 10.2. The summed E-state index contributed by atoms with van der Waals surface area (Å²) in [7, 11) is 0. The predicted molar refractivity (Wildman–Crippen MR) is 63.5 cm³/mol. The predicted octanol–water partition coefficient (Wildman–Crippen LogP) is 3.32. The number of rotatable bonds is 4. The molecule has 1 atom stereocenters. The minimum Gasteiger partial charge on any atom is -0.459 e. The van der Waals surface area contributed by atoms with Gasteiger partial charge in [0.25, 0.3) is 0 Å². The minimum atomic E-state index is -0.290. The molecule has 2 nitrogen and oxygen atoms in total. The molecule has 0 bridgehead atoms. The zero-order valence-electron chi connectivity index (χ0n) is 9.06. The lowest BCUT2D eigenvalue weighted by molar-refractivity contribution is 0.0319. The summed E-state index contributed by atoms with van der Waals surface area (Å²) in [5.41, 5.74) is 0.531. The second-order valence-corrected chi connectivity index (χ2v) is 4.00. The quantitative estimate of drug-likeness (QED) is 0.627. The first-order valence-corrected chi connectivity index (χ1v) is 5.58. The number of thiol groups is 1. The van der Waals surface area contributed by atoms with Crippen molar-refractivity contribution in [1.29, 1.82) is 0 Å². The minimum absolute atomic E-state index is 0.0320. The van der Waals surface area contributed by atoms with Gasteiger partial charge in [0.2, 0.25) is 0 Å². The number of benzene rings is 1. The van der Waals surface area contributed by atoms with Crippen LogP contribution >= 0.6 is 12.6 Å². The summed E-state index contributed by atoms with van der Waals surface area (Å²) in [6, 6.07) is 7.16. The molecule has 1 unspecified atom stereocenters. The van der Waals surface area contributed by atoms with Crippen molar-refractivity contribution in [3.05, 3.63) is 29.8 Å². The molecule has 82 valence electrons. The van der Waals surface area contributed by atoms with Crippen molar-refractivity contribution in [3.63, 3.8) is 0 Å². The van der Waals surface area contributed by atoms with E-state index in [4.69, 9.17) is 4.74 Å². The summed E-state index contributed by atoms with van der Waals surface area (Å²) >= 11 is 4.21. The smallest absolute Gasteiger partial charge is 0.339 e. The van der Waals surface area contributed by atoms with Crippen LogP contribution < -0.4 is 0 Å². The molecule has 0 radical (unpaired) electrons. The summed E-state index contributed by atoms with van der Waals surface area (Å²) in [6.45, 7) is 3.97. The fourth-order valence-corrected chi connectivity index (χ4v) is 1.61. The largest absolute Gasteiger partial charge is 0.459 e. The van der Waals surface area contributed by atoms with Crippen molar-refractivity contribution in [1.82, 2.24) is 0 Å². The summed E-state index contributed by atoms with van der Waals surface area (Å²) in [5, 5.41) is 0. The van der Waals surface area contributed by atoms with E-state index in [-0.39, 0.29) is 12.1 Å². The molecule has 0 heterocycles. The number of hydrogen-bond acceptors (Lipinski definition) is 3. The van der Waals surface area contributed by atoms with Gasteiger partial charge in [-0.3, -0.25) is 0 Å². The lowest BCUT2D eigenvalue weighted by Crippen LogP contribution is -2.15. The summed E-state index contributed by atoms with van der Waals surface area (Å²) in [5.74, 6) is -0.290. The van der Waals surface area contributed by atoms with E-state index in [1.807, 2.05) is 13.0 Å². The average Bonchev–Trinajstić information content (AvgIpc) is 2.18. The fraction of sp³-hybridized carbons (Fsp3) is 0.417. The van der Waals surface area contributed by atoms with Crippen LogP contribution in [0.4, 0.5) is 0 Å². The average molecular weight is 224 g/mol. The van der Waals surface area contributed by atoms with Crippen molar-refractivity contribution in [3.8, 4) is 0 Å². The van der Waals surface area contributed by atoms with Gasteiger partial charge in [0.1, 0.15) is 0 Å². The lowest BCUT2D eigenvalue weighted by Gasteiger charge is -2.12. The molecule has 0 spiro atoms. The Hall–Kier alpha value is -0.960. The van der Waals surface area contributed by atoms with Gasteiger partial charge in [0.05, 0.1) is 11.7 Å². The van der Waals surface area contributed by atoms with Crippen LogP contribution in [0.1, 0.15) is 37.0 Å². The van der Waals surface area contributed by atoms with Gasteiger partial charge in [-0.2, -0.15) is 0 Å². The molecule has 0 saturated carbocycles. The second kappa shape index (κ2) is 5.81. The van der Waals surface area contributed by atoms with E-state index in [0.717, 1.165) is 12.8 Å². The summed E-state index contributed by atoms with van der Waals surface area (Å²) in [4.78, 5) is 12.3. The molecule has 0 aliphatic heterocycles. The molecule has 1 aromatic carbocycles. The van der Waals surface area contributed by atoms with Gasteiger partial charge in [-0.15, -0.1) is 12.6 Å².